The molecule has 9 nitrogen and oxygen atoms in total. The number of sulfonamides is 2. The third kappa shape index (κ3) is 7.73. The Kier molecular flexibility index (Phi) is 10.1. The highest BCUT2D eigenvalue weighted by Crippen LogP contribution is 2.29. The van der Waals surface area contributed by atoms with Crippen LogP contribution in [0.4, 0.5) is 5.69 Å². The first kappa shape index (κ1) is 29.5. The van der Waals surface area contributed by atoms with Crippen molar-refractivity contribution < 1.29 is 26.4 Å². The zero-order chi connectivity index (χ0) is 27.2. The van der Waals surface area contributed by atoms with E-state index in [0.29, 0.717) is 18.8 Å². The highest BCUT2D eigenvalue weighted by atomic mass is 35.5. The molecular weight excluding hydrogens is 561 g/mol. The Morgan fingerprint density at radius 1 is 1.03 bits per heavy atom. The fraction of sp³-hybridized carbons (Fsp3) is 0.458. The van der Waals surface area contributed by atoms with Crippen molar-refractivity contribution >= 4 is 54.8 Å². The fourth-order valence-corrected chi connectivity index (χ4v) is 7.38. The molecule has 0 radical (unpaired) electrons. The summed E-state index contributed by atoms with van der Waals surface area (Å²) in [5, 5.41) is 3.19. The van der Waals surface area contributed by atoms with Crippen LogP contribution in [0.2, 0.25) is 10.0 Å². The lowest BCUT2D eigenvalue weighted by molar-refractivity contribution is -0.122. The van der Waals surface area contributed by atoms with Gasteiger partial charge >= 0.3 is 0 Å². The average molecular weight is 593 g/mol. The van der Waals surface area contributed by atoms with Crippen molar-refractivity contribution in [2.24, 2.45) is 0 Å². The highest BCUT2D eigenvalue weighted by molar-refractivity contribution is 7.92. The Balaban J connectivity index is 1.59. The second-order valence-electron chi connectivity index (χ2n) is 8.69. The van der Waals surface area contributed by atoms with E-state index in [2.05, 4.69) is 5.32 Å². The van der Waals surface area contributed by atoms with Crippen LogP contribution >= 0.6 is 23.2 Å². The molecule has 0 spiro atoms. The molecule has 204 valence electrons. The summed E-state index contributed by atoms with van der Waals surface area (Å²) in [6, 6.07) is 9.47. The van der Waals surface area contributed by atoms with Gasteiger partial charge in [0, 0.05) is 23.1 Å². The van der Waals surface area contributed by atoms with E-state index in [4.69, 9.17) is 27.9 Å². The van der Waals surface area contributed by atoms with E-state index in [1.54, 1.807) is 19.1 Å². The second kappa shape index (κ2) is 12.7. The van der Waals surface area contributed by atoms with Crippen LogP contribution in [0.5, 0.6) is 5.75 Å². The second-order valence-corrected chi connectivity index (χ2v) is 13.4. The largest absolute Gasteiger partial charge is 0.492 e. The smallest absolute Gasteiger partial charge is 0.244 e. The van der Waals surface area contributed by atoms with E-state index in [1.807, 2.05) is 0 Å². The molecule has 1 atom stereocenters. The Labute approximate surface area is 228 Å². The zero-order valence-corrected chi connectivity index (χ0v) is 23.8. The van der Waals surface area contributed by atoms with Gasteiger partial charge in [-0.3, -0.25) is 9.10 Å². The van der Waals surface area contributed by atoms with E-state index in [0.717, 1.165) is 29.8 Å². The van der Waals surface area contributed by atoms with Crippen molar-refractivity contribution in [2.45, 2.75) is 43.5 Å². The predicted molar refractivity (Wildman–Crippen MR) is 145 cm³/mol. The summed E-state index contributed by atoms with van der Waals surface area (Å²) in [4.78, 5) is 13.1. The number of nitrogens with one attached hydrogen (secondary N) is 1. The van der Waals surface area contributed by atoms with Gasteiger partial charge in [0.25, 0.3) is 0 Å². The van der Waals surface area contributed by atoms with Crippen molar-refractivity contribution in [1.29, 1.82) is 0 Å². The first-order chi connectivity index (χ1) is 17.4. The van der Waals surface area contributed by atoms with Gasteiger partial charge in [0.15, 0.2) is 0 Å². The molecule has 1 amide bonds. The van der Waals surface area contributed by atoms with Crippen LogP contribution in [-0.2, 0) is 24.8 Å². The lowest BCUT2D eigenvalue weighted by Gasteiger charge is -2.30. The van der Waals surface area contributed by atoms with Gasteiger partial charge in [0.2, 0.25) is 26.0 Å². The SMILES string of the molecule is CC[C@@H](C(=O)NCCOc1ccc(S(=O)(=O)N2CCCCC2)cc1)N(c1cc(Cl)cc(Cl)c1)S(C)(=O)=O. The van der Waals surface area contributed by atoms with Crippen LogP contribution in [0.3, 0.4) is 0 Å². The number of carbonyl (C=O) groups is 1. The molecule has 37 heavy (non-hydrogen) atoms. The summed E-state index contributed by atoms with van der Waals surface area (Å²) >= 11 is 12.1. The minimum Gasteiger partial charge on any atom is -0.492 e. The van der Waals surface area contributed by atoms with E-state index in [9.17, 15) is 21.6 Å². The highest BCUT2D eigenvalue weighted by Gasteiger charge is 2.32. The summed E-state index contributed by atoms with van der Waals surface area (Å²) in [6.07, 6.45) is 3.97. The number of halogens is 2. The van der Waals surface area contributed by atoms with Crippen LogP contribution in [-0.4, -0.2) is 65.6 Å². The Hall–Kier alpha value is -2.05. The number of benzene rings is 2. The Morgan fingerprint density at radius 2 is 1.62 bits per heavy atom. The molecule has 2 aromatic rings. The topological polar surface area (TPSA) is 113 Å². The van der Waals surface area contributed by atoms with E-state index < -0.39 is 32.0 Å². The molecule has 1 aliphatic rings. The molecule has 2 aromatic carbocycles. The Morgan fingerprint density at radius 3 is 2.16 bits per heavy atom. The van der Waals surface area contributed by atoms with Crippen molar-refractivity contribution in [3.8, 4) is 5.75 Å². The number of nitrogens with zero attached hydrogens (tertiary/aromatic N) is 2. The number of ether oxygens (including phenoxy) is 1. The monoisotopic (exact) mass is 591 g/mol. The molecule has 0 aromatic heterocycles. The number of carbonyl (C=O) groups excluding carboxylic acids is 1. The third-order valence-electron chi connectivity index (χ3n) is 5.88. The number of hydrogen-bond donors (Lipinski definition) is 1. The summed E-state index contributed by atoms with van der Waals surface area (Å²) in [6.45, 7) is 2.96. The van der Waals surface area contributed by atoms with Gasteiger partial charge in [-0.2, -0.15) is 4.31 Å². The van der Waals surface area contributed by atoms with E-state index in [1.165, 1.54) is 34.6 Å². The molecule has 1 saturated heterocycles. The van der Waals surface area contributed by atoms with Crippen LogP contribution in [0, 0.1) is 0 Å². The van der Waals surface area contributed by atoms with Gasteiger partial charge in [0.05, 0.1) is 23.4 Å². The normalized spacial score (nSPS) is 15.7. The molecule has 0 unspecified atom stereocenters. The van der Waals surface area contributed by atoms with Gasteiger partial charge in [-0.1, -0.05) is 36.5 Å². The van der Waals surface area contributed by atoms with E-state index >= 15 is 0 Å². The van der Waals surface area contributed by atoms with Gasteiger partial charge in [-0.25, -0.2) is 16.8 Å². The molecule has 0 saturated carbocycles. The van der Waals surface area contributed by atoms with Crippen LogP contribution in [0.25, 0.3) is 0 Å². The zero-order valence-electron chi connectivity index (χ0n) is 20.7. The van der Waals surface area contributed by atoms with Gasteiger partial charge in [-0.05, 0) is 61.7 Å². The van der Waals surface area contributed by atoms with Crippen molar-refractivity contribution in [3.63, 3.8) is 0 Å². The lowest BCUT2D eigenvalue weighted by Crippen LogP contribution is -2.50. The first-order valence-electron chi connectivity index (χ1n) is 11.9. The molecule has 0 bridgehead atoms. The summed E-state index contributed by atoms with van der Waals surface area (Å²) < 4.78 is 58.8. The molecule has 13 heteroatoms. The van der Waals surface area contributed by atoms with Crippen molar-refractivity contribution in [1.82, 2.24) is 9.62 Å². The molecule has 1 aliphatic heterocycles. The number of rotatable bonds is 11. The maximum absolute atomic E-state index is 12.9. The van der Waals surface area contributed by atoms with E-state index in [-0.39, 0.29) is 40.2 Å². The lowest BCUT2D eigenvalue weighted by atomic mass is 10.2. The van der Waals surface area contributed by atoms with Crippen molar-refractivity contribution in [2.75, 3.05) is 36.8 Å². The molecule has 0 aliphatic carbocycles. The summed E-state index contributed by atoms with van der Waals surface area (Å²) in [7, 11) is -7.36. The van der Waals surface area contributed by atoms with Crippen LogP contribution in [0.15, 0.2) is 47.4 Å². The first-order valence-corrected chi connectivity index (χ1v) is 15.9. The molecular formula is C24H31Cl2N3O6S2. The standard InChI is InChI=1S/C24H31Cl2N3O6S2/c1-3-23(29(36(2,31)32)20-16-18(25)15-19(26)17-20)24(30)27-11-14-35-21-7-9-22(10-8-21)37(33,34)28-12-5-4-6-13-28/h7-10,15-17,23H,3-6,11-14H2,1-2H3,(H,27,30)/t23-/m0/s1. The number of anilines is 1. The predicted octanol–water partition coefficient (Wildman–Crippen LogP) is 3.91. The maximum atomic E-state index is 12.9. The molecule has 1 N–H and O–H groups in total. The quantitative estimate of drug-likeness (QED) is 0.396. The summed E-state index contributed by atoms with van der Waals surface area (Å²) in [5.74, 6) is -0.0548. The maximum Gasteiger partial charge on any atom is 0.244 e. The number of hydrogen-bond acceptors (Lipinski definition) is 6. The Bertz CT molecular complexity index is 1280. The van der Waals surface area contributed by atoms with Crippen LogP contribution < -0.4 is 14.4 Å². The number of piperidine rings is 1. The molecule has 1 fully saturated rings. The molecule has 1 heterocycles. The van der Waals surface area contributed by atoms with Gasteiger partial charge < -0.3 is 10.1 Å². The average Bonchev–Trinajstić information content (AvgIpc) is 2.84. The molecule has 3 rings (SSSR count). The minimum absolute atomic E-state index is 0.0995. The number of amides is 1. The minimum atomic E-state index is -3.83. The summed E-state index contributed by atoms with van der Waals surface area (Å²) in [5.41, 5.74) is 0.192. The fourth-order valence-electron chi connectivity index (χ4n) is 4.15. The van der Waals surface area contributed by atoms with Crippen molar-refractivity contribution in [3.05, 3.63) is 52.5 Å². The third-order valence-corrected chi connectivity index (χ3v) is 9.41. The van der Waals surface area contributed by atoms with Crippen LogP contribution in [0.1, 0.15) is 32.6 Å². The van der Waals surface area contributed by atoms with Gasteiger partial charge in [0.1, 0.15) is 18.4 Å². The van der Waals surface area contributed by atoms with Gasteiger partial charge in [-0.15, -0.1) is 0 Å².